The molecule has 5 heteroatoms. The molecule has 1 N–H and O–H groups in total. The van der Waals surface area contributed by atoms with Crippen LogP contribution in [0.1, 0.15) is 42.1 Å². The van der Waals surface area contributed by atoms with Gasteiger partial charge in [0.15, 0.2) is 0 Å². The molecule has 1 atom stereocenters. The number of aromatic nitrogens is 1. The number of hydrogen-bond donors (Lipinski definition) is 1. The first kappa shape index (κ1) is 13.6. The highest BCUT2D eigenvalue weighted by Crippen LogP contribution is 2.19. The van der Waals surface area contributed by atoms with Crippen molar-refractivity contribution >= 4 is 33.2 Å². The van der Waals surface area contributed by atoms with Crippen LogP contribution in [0.2, 0.25) is 0 Å². The smallest absolute Gasteiger partial charge is 0.263 e. The van der Waals surface area contributed by atoms with Gasteiger partial charge in [0, 0.05) is 10.9 Å². The number of aryl methyl sites for hydroxylation is 1. The van der Waals surface area contributed by atoms with Gasteiger partial charge in [0.25, 0.3) is 5.91 Å². The van der Waals surface area contributed by atoms with Crippen LogP contribution in [0.4, 0.5) is 0 Å². The molecular weight excluding hydrogens is 288 g/mol. The minimum atomic E-state index is -0.142. The number of hydrogen-bond acceptors (Lipinski definition) is 3. The molecule has 3 nitrogen and oxygen atoms in total. The molecule has 0 saturated carbocycles. The molecule has 1 rings (SSSR count). The predicted molar refractivity (Wildman–Crippen MR) is 71.4 cm³/mol. The van der Waals surface area contributed by atoms with Crippen molar-refractivity contribution in [1.82, 2.24) is 10.3 Å². The summed E-state index contributed by atoms with van der Waals surface area (Å²) in [6, 6.07) is 0. The number of thiazole rings is 1. The number of carbonyl (C=O) groups excluding carboxylic acids is 1. The fourth-order valence-electron chi connectivity index (χ4n) is 1.39. The maximum absolute atomic E-state index is 12.0. The predicted octanol–water partition coefficient (Wildman–Crippen LogP) is 3.14. The summed E-state index contributed by atoms with van der Waals surface area (Å²) in [5.74, 6) is -0.00898. The molecule has 0 spiro atoms. The number of nitrogens with one attached hydrogen (secondary N) is 1. The first-order valence-electron chi connectivity index (χ1n) is 5.31. The zero-order chi connectivity index (χ0) is 12.2. The van der Waals surface area contributed by atoms with Crippen molar-refractivity contribution in [3.63, 3.8) is 0 Å². The summed E-state index contributed by atoms with van der Waals surface area (Å²) >= 11 is 4.81. The molecule has 0 aliphatic rings. The molecule has 0 aromatic carbocycles. The Labute approximate surface area is 109 Å². The second-order valence-electron chi connectivity index (χ2n) is 4.07. The van der Waals surface area contributed by atoms with Crippen LogP contribution in [0, 0.1) is 6.92 Å². The van der Waals surface area contributed by atoms with Crippen molar-refractivity contribution in [3.05, 3.63) is 16.1 Å². The molecule has 0 aliphatic carbocycles. The lowest BCUT2D eigenvalue weighted by Gasteiger charge is -2.28. The van der Waals surface area contributed by atoms with Gasteiger partial charge in [0.05, 0.1) is 11.2 Å². The molecule has 0 saturated heterocycles. The summed E-state index contributed by atoms with van der Waals surface area (Å²) in [4.78, 5) is 16.8. The lowest BCUT2D eigenvalue weighted by molar-refractivity contribution is 0.0905. The van der Waals surface area contributed by atoms with Gasteiger partial charge in [-0.05, 0) is 26.7 Å². The Bertz CT molecular complexity index is 367. The first-order valence-corrected chi connectivity index (χ1v) is 7.31. The summed E-state index contributed by atoms with van der Waals surface area (Å²) in [7, 11) is 0. The first-order chi connectivity index (χ1) is 7.52. The van der Waals surface area contributed by atoms with E-state index in [-0.39, 0.29) is 11.4 Å². The quantitative estimate of drug-likeness (QED) is 0.849. The maximum atomic E-state index is 12.0. The molecule has 0 bridgehead atoms. The summed E-state index contributed by atoms with van der Waals surface area (Å²) in [5.41, 5.74) is 2.37. The average molecular weight is 305 g/mol. The van der Waals surface area contributed by atoms with E-state index in [4.69, 9.17) is 0 Å². The number of amides is 1. The van der Waals surface area contributed by atoms with Gasteiger partial charge < -0.3 is 5.32 Å². The molecule has 1 aromatic heterocycles. The highest BCUT2D eigenvalue weighted by molar-refractivity contribution is 9.09. The van der Waals surface area contributed by atoms with E-state index in [0.717, 1.165) is 23.9 Å². The molecule has 1 heterocycles. The summed E-state index contributed by atoms with van der Waals surface area (Å²) < 4.78 is 0. The highest BCUT2D eigenvalue weighted by Gasteiger charge is 2.25. The summed E-state index contributed by atoms with van der Waals surface area (Å²) in [6.45, 7) is 6.02. The topological polar surface area (TPSA) is 42.0 Å². The van der Waals surface area contributed by atoms with Crippen LogP contribution in [0.5, 0.6) is 0 Å². The third-order valence-corrected chi connectivity index (χ3v) is 4.12. The van der Waals surface area contributed by atoms with E-state index in [1.807, 2.05) is 6.92 Å². The lowest BCUT2D eigenvalue weighted by Crippen LogP contribution is -2.45. The zero-order valence-electron chi connectivity index (χ0n) is 9.84. The van der Waals surface area contributed by atoms with Crippen molar-refractivity contribution in [2.75, 3.05) is 5.33 Å². The fourth-order valence-corrected chi connectivity index (χ4v) is 2.96. The van der Waals surface area contributed by atoms with Crippen LogP contribution < -0.4 is 5.32 Å². The maximum Gasteiger partial charge on any atom is 0.263 e. The van der Waals surface area contributed by atoms with Crippen molar-refractivity contribution in [1.29, 1.82) is 0 Å². The molecule has 16 heavy (non-hydrogen) atoms. The molecule has 90 valence electrons. The van der Waals surface area contributed by atoms with Gasteiger partial charge in [0.2, 0.25) is 0 Å². The number of nitrogens with zero attached hydrogens (tertiary/aromatic N) is 1. The Morgan fingerprint density at radius 1 is 1.69 bits per heavy atom. The molecule has 0 fully saturated rings. The SMILES string of the molecule is CCC(C)(CCBr)NC(=O)c1scnc1C. The van der Waals surface area contributed by atoms with E-state index >= 15 is 0 Å². The number of rotatable bonds is 5. The Hall–Kier alpha value is -0.420. The summed E-state index contributed by atoms with van der Waals surface area (Å²) in [5, 5.41) is 3.98. The molecule has 1 aromatic rings. The Kier molecular flexibility index (Phi) is 4.92. The van der Waals surface area contributed by atoms with Crippen molar-refractivity contribution in [2.24, 2.45) is 0 Å². The Balaban J connectivity index is 2.73. The van der Waals surface area contributed by atoms with Crippen molar-refractivity contribution < 1.29 is 4.79 Å². The van der Waals surface area contributed by atoms with E-state index in [2.05, 4.69) is 40.1 Å². The van der Waals surface area contributed by atoms with E-state index in [9.17, 15) is 4.79 Å². The third-order valence-electron chi connectivity index (χ3n) is 2.79. The van der Waals surface area contributed by atoms with Gasteiger partial charge in [-0.15, -0.1) is 11.3 Å². The normalized spacial score (nSPS) is 14.5. The summed E-state index contributed by atoms with van der Waals surface area (Å²) in [6.07, 6.45) is 1.84. The van der Waals surface area contributed by atoms with Crippen LogP contribution >= 0.6 is 27.3 Å². The van der Waals surface area contributed by atoms with E-state index in [1.165, 1.54) is 11.3 Å². The number of carbonyl (C=O) groups is 1. The van der Waals surface area contributed by atoms with Gasteiger partial charge >= 0.3 is 0 Å². The van der Waals surface area contributed by atoms with Gasteiger partial charge in [-0.2, -0.15) is 0 Å². The lowest BCUT2D eigenvalue weighted by atomic mass is 9.95. The average Bonchev–Trinajstić information content (AvgIpc) is 2.65. The monoisotopic (exact) mass is 304 g/mol. The second kappa shape index (κ2) is 5.77. The van der Waals surface area contributed by atoms with Crippen LogP contribution in [0.3, 0.4) is 0 Å². The van der Waals surface area contributed by atoms with Crippen LogP contribution in [-0.4, -0.2) is 21.8 Å². The molecular formula is C11H17BrN2OS. The van der Waals surface area contributed by atoms with Crippen molar-refractivity contribution in [2.45, 2.75) is 39.2 Å². The van der Waals surface area contributed by atoms with Gasteiger partial charge in [-0.3, -0.25) is 4.79 Å². The van der Waals surface area contributed by atoms with Gasteiger partial charge in [-0.1, -0.05) is 22.9 Å². The van der Waals surface area contributed by atoms with E-state index in [0.29, 0.717) is 4.88 Å². The van der Waals surface area contributed by atoms with E-state index in [1.54, 1.807) is 5.51 Å². The molecule has 1 unspecified atom stereocenters. The largest absolute Gasteiger partial charge is 0.346 e. The minimum Gasteiger partial charge on any atom is -0.346 e. The van der Waals surface area contributed by atoms with Gasteiger partial charge in [-0.25, -0.2) is 4.98 Å². The zero-order valence-corrected chi connectivity index (χ0v) is 12.2. The molecule has 0 radical (unpaired) electrons. The fraction of sp³-hybridized carbons (Fsp3) is 0.636. The Morgan fingerprint density at radius 3 is 2.81 bits per heavy atom. The van der Waals surface area contributed by atoms with Crippen LogP contribution in [-0.2, 0) is 0 Å². The van der Waals surface area contributed by atoms with E-state index < -0.39 is 0 Å². The molecule has 0 aliphatic heterocycles. The van der Waals surface area contributed by atoms with Crippen LogP contribution in [0.15, 0.2) is 5.51 Å². The van der Waals surface area contributed by atoms with Crippen LogP contribution in [0.25, 0.3) is 0 Å². The highest BCUT2D eigenvalue weighted by atomic mass is 79.9. The number of halogens is 1. The minimum absolute atomic E-state index is 0.00898. The second-order valence-corrected chi connectivity index (χ2v) is 5.72. The van der Waals surface area contributed by atoms with Crippen molar-refractivity contribution in [3.8, 4) is 0 Å². The Morgan fingerprint density at radius 2 is 2.38 bits per heavy atom. The number of alkyl halides is 1. The standard InChI is InChI=1S/C11H17BrN2OS/c1-4-11(3,5-6-12)14-10(15)9-8(2)13-7-16-9/h7H,4-6H2,1-3H3,(H,14,15). The van der Waals surface area contributed by atoms with Gasteiger partial charge in [0.1, 0.15) is 4.88 Å². The molecule has 1 amide bonds. The third kappa shape index (κ3) is 3.28.